The minimum atomic E-state index is -0.745. The molecule has 1 amide bonds. The summed E-state index contributed by atoms with van der Waals surface area (Å²) in [5, 5.41) is 4.35. The molecule has 0 N–H and O–H groups in total. The highest BCUT2D eigenvalue weighted by Gasteiger charge is 2.26. The molecular formula is C23H23F2N3O3. The number of benzene rings is 2. The molecule has 0 saturated carbocycles. The molecule has 1 aromatic heterocycles. The van der Waals surface area contributed by atoms with Gasteiger partial charge in [0.2, 0.25) is 0 Å². The summed E-state index contributed by atoms with van der Waals surface area (Å²) in [4.78, 5) is 15.1. The Morgan fingerprint density at radius 2 is 1.94 bits per heavy atom. The number of hydrogen-bond acceptors (Lipinski definition) is 4. The molecule has 0 spiro atoms. The zero-order chi connectivity index (χ0) is 22.1. The molecular weight excluding hydrogens is 404 g/mol. The van der Waals surface area contributed by atoms with E-state index in [-0.39, 0.29) is 11.6 Å². The lowest BCUT2D eigenvalue weighted by molar-refractivity contribution is 0.0747. The van der Waals surface area contributed by atoms with Gasteiger partial charge in [-0.15, -0.1) is 0 Å². The maximum atomic E-state index is 14.3. The lowest BCUT2D eigenvalue weighted by atomic mass is 10.1. The third-order valence-electron chi connectivity index (χ3n) is 5.32. The van der Waals surface area contributed by atoms with E-state index in [1.54, 1.807) is 18.7 Å². The van der Waals surface area contributed by atoms with Crippen LogP contribution < -0.4 is 9.47 Å². The van der Waals surface area contributed by atoms with Crippen molar-refractivity contribution in [3.8, 4) is 17.2 Å². The lowest BCUT2D eigenvalue weighted by Crippen LogP contribution is -2.31. The first-order chi connectivity index (χ1) is 14.9. The molecule has 162 valence electrons. The maximum Gasteiger partial charge on any atom is 0.257 e. The summed E-state index contributed by atoms with van der Waals surface area (Å²) in [6.45, 7) is 7.02. The number of aryl methyl sites for hydroxylation is 1. The number of amides is 1. The van der Waals surface area contributed by atoms with Crippen molar-refractivity contribution in [2.45, 2.75) is 27.3 Å². The normalized spacial score (nSPS) is 12.7. The highest BCUT2D eigenvalue weighted by molar-refractivity contribution is 5.96. The number of ether oxygens (including phenoxy) is 2. The molecule has 2 heterocycles. The van der Waals surface area contributed by atoms with Crippen molar-refractivity contribution in [2.75, 3.05) is 19.8 Å². The molecule has 0 radical (unpaired) electrons. The molecule has 1 aliphatic heterocycles. The molecule has 0 unspecified atom stereocenters. The number of fused-ring (bicyclic) bond motifs is 1. The summed E-state index contributed by atoms with van der Waals surface area (Å²) >= 11 is 0. The fourth-order valence-electron chi connectivity index (χ4n) is 3.79. The van der Waals surface area contributed by atoms with E-state index < -0.39 is 11.6 Å². The third-order valence-corrected chi connectivity index (χ3v) is 5.32. The molecule has 0 atom stereocenters. The number of rotatable bonds is 5. The van der Waals surface area contributed by atoms with E-state index in [1.807, 2.05) is 25.1 Å². The second-order valence-corrected chi connectivity index (χ2v) is 7.31. The van der Waals surface area contributed by atoms with Gasteiger partial charge in [-0.25, -0.2) is 13.5 Å². The minimum Gasteiger partial charge on any atom is -0.486 e. The molecule has 0 bridgehead atoms. The molecule has 6 nitrogen and oxygen atoms in total. The Labute approximate surface area is 179 Å². The number of para-hydroxylation sites is 1. The van der Waals surface area contributed by atoms with E-state index in [0.717, 1.165) is 17.7 Å². The number of carbonyl (C=O) groups excluding carboxylic acids is 1. The summed E-state index contributed by atoms with van der Waals surface area (Å²) in [6.07, 6.45) is 0. The van der Waals surface area contributed by atoms with Gasteiger partial charge >= 0.3 is 0 Å². The van der Waals surface area contributed by atoms with Gasteiger partial charge in [-0.1, -0.05) is 12.1 Å². The van der Waals surface area contributed by atoms with Crippen LogP contribution in [0.3, 0.4) is 0 Å². The van der Waals surface area contributed by atoms with Crippen molar-refractivity contribution in [3.63, 3.8) is 0 Å². The number of halogens is 2. The Kier molecular flexibility index (Phi) is 5.63. The maximum absolute atomic E-state index is 14.3. The van der Waals surface area contributed by atoms with Crippen LogP contribution in [-0.4, -0.2) is 40.3 Å². The molecule has 31 heavy (non-hydrogen) atoms. The molecule has 0 saturated heterocycles. The topological polar surface area (TPSA) is 56.6 Å². The van der Waals surface area contributed by atoms with Gasteiger partial charge in [0.15, 0.2) is 17.3 Å². The van der Waals surface area contributed by atoms with Crippen LogP contribution in [0.1, 0.15) is 34.2 Å². The first-order valence-corrected chi connectivity index (χ1v) is 10.1. The zero-order valence-electron chi connectivity index (χ0n) is 17.6. The Morgan fingerprint density at radius 3 is 2.68 bits per heavy atom. The van der Waals surface area contributed by atoms with Gasteiger partial charge in [0.25, 0.3) is 5.91 Å². The predicted octanol–water partition coefficient (Wildman–Crippen LogP) is 4.20. The Hall–Kier alpha value is -3.42. The molecule has 8 heteroatoms. The minimum absolute atomic E-state index is 0.0896. The van der Waals surface area contributed by atoms with Crippen LogP contribution in [0.2, 0.25) is 0 Å². The van der Waals surface area contributed by atoms with Crippen LogP contribution in [-0.2, 0) is 6.54 Å². The Bertz CT molecular complexity index is 1140. The van der Waals surface area contributed by atoms with E-state index in [0.29, 0.717) is 54.8 Å². The number of nitrogens with zero attached hydrogens (tertiary/aromatic N) is 3. The summed E-state index contributed by atoms with van der Waals surface area (Å²) < 4.78 is 40.4. The number of carbonyl (C=O) groups is 1. The Morgan fingerprint density at radius 1 is 1.16 bits per heavy atom. The van der Waals surface area contributed by atoms with E-state index in [4.69, 9.17) is 9.47 Å². The zero-order valence-corrected chi connectivity index (χ0v) is 17.6. The van der Waals surface area contributed by atoms with Crippen molar-refractivity contribution in [2.24, 2.45) is 0 Å². The fraction of sp³-hybridized carbons (Fsp3) is 0.304. The standard InChI is InChI=1S/C23H23F2N3O3/c1-4-27(13-16-6-5-7-20-22(16)31-11-10-30-20)23(29)21-14(2)26-28(15(21)3)19-9-8-17(24)12-18(19)25/h5-9,12H,4,10-11,13H2,1-3H3. The van der Waals surface area contributed by atoms with Gasteiger partial charge in [0, 0.05) is 24.7 Å². The fourth-order valence-corrected chi connectivity index (χ4v) is 3.79. The number of aromatic nitrogens is 2. The predicted molar refractivity (Wildman–Crippen MR) is 111 cm³/mol. The van der Waals surface area contributed by atoms with Crippen LogP contribution in [0.25, 0.3) is 5.69 Å². The van der Waals surface area contributed by atoms with Gasteiger partial charge in [0.05, 0.1) is 17.0 Å². The van der Waals surface area contributed by atoms with Gasteiger partial charge in [-0.3, -0.25) is 4.79 Å². The van der Waals surface area contributed by atoms with Crippen LogP contribution in [0.15, 0.2) is 36.4 Å². The SMILES string of the molecule is CCN(Cc1cccc2c1OCCO2)C(=O)c1c(C)nn(-c2ccc(F)cc2F)c1C. The quantitative estimate of drug-likeness (QED) is 0.612. The molecule has 4 rings (SSSR count). The van der Waals surface area contributed by atoms with Crippen molar-refractivity contribution in [3.05, 3.63) is 70.5 Å². The molecule has 1 aliphatic rings. The molecule has 0 fully saturated rings. The van der Waals surface area contributed by atoms with Crippen LogP contribution in [0.5, 0.6) is 11.5 Å². The summed E-state index contributed by atoms with van der Waals surface area (Å²) in [5.74, 6) is -0.323. The van der Waals surface area contributed by atoms with Crippen molar-refractivity contribution >= 4 is 5.91 Å². The lowest BCUT2D eigenvalue weighted by Gasteiger charge is -2.25. The van der Waals surface area contributed by atoms with Crippen molar-refractivity contribution in [1.29, 1.82) is 0 Å². The van der Waals surface area contributed by atoms with Crippen LogP contribution in [0.4, 0.5) is 8.78 Å². The highest BCUT2D eigenvalue weighted by atomic mass is 19.1. The smallest absolute Gasteiger partial charge is 0.257 e. The van der Waals surface area contributed by atoms with Gasteiger partial charge in [-0.2, -0.15) is 5.10 Å². The third kappa shape index (κ3) is 3.85. The number of hydrogen-bond donors (Lipinski definition) is 0. The Balaban J connectivity index is 1.66. The summed E-state index contributed by atoms with van der Waals surface area (Å²) in [5.41, 5.74) is 2.29. The van der Waals surface area contributed by atoms with Gasteiger partial charge < -0.3 is 14.4 Å². The van der Waals surface area contributed by atoms with E-state index in [1.165, 1.54) is 10.7 Å². The first kappa shape index (κ1) is 20.8. The second kappa shape index (κ2) is 8.37. The molecule has 2 aromatic carbocycles. The summed E-state index contributed by atoms with van der Waals surface area (Å²) in [7, 11) is 0. The van der Waals surface area contributed by atoms with E-state index in [2.05, 4.69) is 5.10 Å². The van der Waals surface area contributed by atoms with Crippen LogP contribution >= 0.6 is 0 Å². The monoisotopic (exact) mass is 427 g/mol. The second-order valence-electron chi connectivity index (χ2n) is 7.31. The highest BCUT2D eigenvalue weighted by Crippen LogP contribution is 2.34. The van der Waals surface area contributed by atoms with E-state index in [9.17, 15) is 13.6 Å². The summed E-state index contributed by atoms with van der Waals surface area (Å²) in [6, 6.07) is 8.88. The average molecular weight is 427 g/mol. The molecule has 3 aromatic rings. The van der Waals surface area contributed by atoms with Gasteiger partial charge in [-0.05, 0) is 39.0 Å². The van der Waals surface area contributed by atoms with Crippen molar-refractivity contribution in [1.82, 2.24) is 14.7 Å². The average Bonchev–Trinajstić information content (AvgIpc) is 3.05. The van der Waals surface area contributed by atoms with Gasteiger partial charge in [0.1, 0.15) is 24.7 Å². The van der Waals surface area contributed by atoms with Crippen molar-refractivity contribution < 1.29 is 23.0 Å². The largest absolute Gasteiger partial charge is 0.486 e. The first-order valence-electron chi connectivity index (χ1n) is 10.1. The van der Waals surface area contributed by atoms with E-state index >= 15 is 0 Å². The van der Waals surface area contributed by atoms with Crippen LogP contribution in [0, 0.1) is 25.5 Å². The molecule has 0 aliphatic carbocycles.